The summed E-state index contributed by atoms with van der Waals surface area (Å²) in [5, 5.41) is 0.819. The van der Waals surface area contributed by atoms with Crippen molar-refractivity contribution >= 4 is 27.8 Å². The normalized spacial score (nSPS) is 20.2. The van der Waals surface area contributed by atoms with Gasteiger partial charge in [0.25, 0.3) is 0 Å². The summed E-state index contributed by atoms with van der Waals surface area (Å²) in [4.78, 5) is 21.6. The van der Waals surface area contributed by atoms with Gasteiger partial charge in [-0.05, 0) is 5.92 Å². The zero-order chi connectivity index (χ0) is 11.5. The molecule has 0 aliphatic carbocycles. The van der Waals surface area contributed by atoms with Gasteiger partial charge in [0.15, 0.2) is 0 Å². The number of aromatic nitrogens is 2. The average Bonchev–Trinajstić information content (AvgIpc) is 2.71. The molecule has 86 valence electrons. The van der Waals surface area contributed by atoms with Gasteiger partial charge in [0.1, 0.15) is 0 Å². The number of hydrogen-bond donors (Lipinski definition) is 0. The second-order valence-electron chi connectivity index (χ2n) is 3.63. The van der Waals surface area contributed by atoms with Gasteiger partial charge in [-0.25, -0.2) is 4.98 Å². The summed E-state index contributed by atoms with van der Waals surface area (Å²) in [5.74, 6) is 1.30. The highest BCUT2D eigenvalue weighted by Crippen LogP contribution is 2.24. The molecular formula is C10H12BrN3O2. The number of nitrogens with zero attached hydrogens (tertiary/aromatic N) is 3. The molecule has 1 aromatic heterocycles. The van der Waals surface area contributed by atoms with Crippen LogP contribution in [0.1, 0.15) is 6.42 Å². The van der Waals surface area contributed by atoms with E-state index in [0.717, 1.165) is 5.33 Å². The first kappa shape index (κ1) is 11.3. The van der Waals surface area contributed by atoms with Gasteiger partial charge in [0.05, 0.1) is 7.11 Å². The maximum atomic E-state index is 11.7. The number of carbonyl (C=O) groups excluding carboxylic acids is 1. The Bertz CT molecular complexity index is 399. The van der Waals surface area contributed by atoms with Crippen molar-refractivity contribution in [1.82, 2.24) is 9.97 Å². The highest BCUT2D eigenvalue weighted by atomic mass is 79.9. The van der Waals surface area contributed by atoms with Crippen LogP contribution < -0.4 is 9.64 Å². The summed E-state index contributed by atoms with van der Waals surface area (Å²) in [6.45, 7) is 0.664. The number of hydrogen-bond acceptors (Lipinski definition) is 4. The lowest BCUT2D eigenvalue weighted by Gasteiger charge is -2.14. The summed E-state index contributed by atoms with van der Waals surface area (Å²) in [5.41, 5.74) is 0. The fourth-order valence-electron chi connectivity index (χ4n) is 1.65. The van der Waals surface area contributed by atoms with E-state index in [1.165, 1.54) is 0 Å². The van der Waals surface area contributed by atoms with Gasteiger partial charge >= 0.3 is 0 Å². The molecule has 1 saturated heterocycles. The van der Waals surface area contributed by atoms with Crippen molar-refractivity contribution < 1.29 is 9.53 Å². The maximum absolute atomic E-state index is 11.7. The summed E-state index contributed by atoms with van der Waals surface area (Å²) < 4.78 is 5.00. The van der Waals surface area contributed by atoms with Gasteiger partial charge in [-0.2, -0.15) is 4.98 Å². The number of amides is 1. The van der Waals surface area contributed by atoms with Crippen LogP contribution in [0.3, 0.4) is 0 Å². The van der Waals surface area contributed by atoms with Crippen LogP contribution in [0.25, 0.3) is 0 Å². The van der Waals surface area contributed by atoms with Gasteiger partial charge in [0.2, 0.25) is 17.7 Å². The first-order valence-electron chi connectivity index (χ1n) is 4.98. The van der Waals surface area contributed by atoms with Crippen LogP contribution in [-0.2, 0) is 4.79 Å². The molecule has 0 aromatic carbocycles. The molecule has 2 rings (SSSR count). The van der Waals surface area contributed by atoms with E-state index in [4.69, 9.17) is 4.74 Å². The molecule has 6 heteroatoms. The third-order valence-electron chi connectivity index (χ3n) is 2.49. The van der Waals surface area contributed by atoms with Crippen LogP contribution in [0.4, 0.5) is 5.95 Å². The molecule has 16 heavy (non-hydrogen) atoms. The molecule has 0 radical (unpaired) electrons. The van der Waals surface area contributed by atoms with E-state index in [9.17, 15) is 4.79 Å². The van der Waals surface area contributed by atoms with E-state index in [1.807, 2.05) is 0 Å². The first-order valence-corrected chi connectivity index (χ1v) is 6.10. The number of methoxy groups -OCH3 is 1. The lowest BCUT2D eigenvalue weighted by molar-refractivity contribution is -0.117. The number of ether oxygens (including phenoxy) is 1. The van der Waals surface area contributed by atoms with Gasteiger partial charge in [0, 0.05) is 30.6 Å². The molecule has 1 fully saturated rings. The fraction of sp³-hybridized carbons (Fsp3) is 0.500. The number of halogens is 1. The third-order valence-corrected chi connectivity index (χ3v) is 3.41. The zero-order valence-corrected chi connectivity index (χ0v) is 10.5. The topological polar surface area (TPSA) is 55.3 Å². The lowest BCUT2D eigenvalue weighted by atomic mass is 10.2. The minimum absolute atomic E-state index is 0.0673. The van der Waals surface area contributed by atoms with Crippen LogP contribution in [-0.4, -0.2) is 34.9 Å². The molecular weight excluding hydrogens is 274 g/mol. The van der Waals surface area contributed by atoms with Crippen LogP contribution >= 0.6 is 15.9 Å². The van der Waals surface area contributed by atoms with Crippen molar-refractivity contribution in [2.24, 2.45) is 5.92 Å². The fourth-order valence-corrected chi connectivity index (χ4v) is 2.09. The van der Waals surface area contributed by atoms with Gasteiger partial charge in [-0.1, -0.05) is 15.9 Å². The Hall–Kier alpha value is -1.17. The second kappa shape index (κ2) is 4.78. The standard InChI is InChI=1S/C10H12BrN3O2/c1-16-8-2-3-12-10(13-8)14-6-7(5-11)4-9(14)15/h2-3,7H,4-6H2,1H3. The monoisotopic (exact) mass is 285 g/mol. The first-order chi connectivity index (χ1) is 7.74. The van der Waals surface area contributed by atoms with Crippen LogP contribution in [0.5, 0.6) is 5.88 Å². The Morgan fingerprint density at radius 2 is 2.50 bits per heavy atom. The predicted molar refractivity (Wildman–Crippen MR) is 62.8 cm³/mol. The largest absolute Gasteiger partial charge is 0.481 e. The van der Waals surface area contributed by atoms with E-state index in [-0.39, 0.29) is 5.91 Å². The van der Waals surface area contributed by atoms with Gasteiger partial charge in [-0.3, -0.25) is 9.69 Å². The van der Waals surface area contributed by atoms with Crippen molar-refractivity contribution in [3.8, 4) is 5.88 Å². The van der Waals surface area contributed by atoms with Crippen LogP contribution in [0.15, 0.2) is 12.3 Å². The van der Waals surface area contributed by atoms with Crippen molar-refractivity contribution in [3.05, 3.63) is 12.3 Å². The summed E-state index contributed by atoms with van der Waals surface area (Å²) in [6, 6.07) is 1.66. The summed E-state index contributed by atoms with van der Waals surface area (Å²) >= 11 is 3.39. The molecule has 0 spiro atoms. The molecule has 1 amide bonds. The Morgan fingerprint density at radius 3 is 3.12 bits per heavy atom. The Morgan fingerprint density at radius 1 is 1.69 bits per heavy atom. The molecule has 1 atom stereocenters. The minimum Gasteiger partial charge on any atom is -0.481 e. The molecule has 1 unspecified atom stereocenters. The maximum Gasteiger partial charge on any atom is 0.235 e. The number of anilines is 1. The zero-order valence-electron chi connectivity index (χ0n) is 8.89. The predicted octanol–water partition coefficient (Wildman–Crippen LogP) is 1.23. The Kier molecular flexibility index (Phi) is 3.38. The lowest BCUT2D eigenvalue weighted by Crippen LogP contribution is -2.26. The van der Waals surface area contributed by atoms with E-state index in [1.54, 1.807) is 24.3 Å². The molecule has 1 aromatic rings. The SMILES string of the molecule is COc1ccnc(N2CC(CBr)CC2=O)n1. The molecule has 5 nitrogen and oxygen atoms in total. The highest BCUT2D eigenvalue weighted by Gasteiger charge is 2.31. The van der Waals surface area contributed by atoms with Crippen molar-refractivity contribution in [3.63, 3.8) is 0 Å². The highest BCUT2D eigenvalue weighted by molar-refractivity contribution is 9.09. The minimum atomic E-state index is 0.0673. The number of rotatable bonds is 3. The molecule has 1 aliphatic heterocycles. The van der Waals surface area contributed by atoms with Crippen LogP contribution in [0.2, 0.25) is 0 Å². The van der Waals surface area contributed by atoms with E-state index >= 15 is 0 Å². The summed E-state index contributed by atoms with van der Waals surface area (Å²) in [6.07, 6.45) is 2.14. The smallest absolute Gasteiger partial charge is 0.235 e. The van der Waals surface area contributed by atoms with Crippen molar-refractivity contribution in [1.29, 1.82) is 0 Å². The quantitative estimate of drug-likeness (QED) is 0.784. The van der Waals surface area contributed by atoms with E-state index in [2.05, 4.69) is 25.9 Å². The van der Waals surface area contributed by atoms with Crippen LogP contribution in [0, 0.1) is 5.92 Å². The van der Waals surface area contributed by atoms with Gasteiger partial charge < -0.3 is 4.74 Å². The number of carbonyl (C=O) groups is 1. The molecule has 0 saturated carbocycles. The molecule has 1 aliphatic rings. The van der Waals surface area contributed by atoms with Gasteiger partial charge in [-0.15, -0.1) is 0 Å². The molecule has 2 heterocycles. The second-order valence-corrected chi connectivity index (χ2v) is 4.28. The van der Waals surface area contributed by atoms with Crippen molar-refractivity contribution in [2.75, 3.05) is 23.9 Å². The molecule has 0 N–H and O–H groups in total. The molecule has 0 bridgehead atoms. The van der Waals surface area contributed by atoms with E-state index < -0.39 is 0 Å². The third kappa shape index (κ3) is 2.16. The Balaban J connectivity index is 2.20. The van der Waals surface area contributed by atoms with Crippen molar-refractivity contribution in [2.45, 2.75) is 6.42 Å². The Labute approximate surface area is 102 Å². The average molecular weight is 286 g/mol. The summed E-state index contributed by atoms with van der Waals surface area (Å²) in [7, 11) is 1.54. The number of alkyl halides is 1. The van der Waals surface area contributed by atoms with E-state index in [0.29, 0.717) is 30.7 Å².